The molecule has 0 saturated heterocycles. The van der Waals surface area contributed by atoms with Crippen LogP contribution in [-0.2, 0) is 21.1 Å². The molecule has 0 N–H and O–H groups in total. The maximum atomic E-state index is 11.3. The van der Waals surface area contributed by atoms with Gasteiger partial charge in [-0.1, -0.05) is 0 Å². The van der Waals surface area contributed by atoms with E-state index in [2.05, 4.69) is 17.6 Å². The molecule has 2 aromatic rings. The summed E-state index contributed by atoms with van der Waals surface area (Å²) >= 11 is 3.62. The molecule has 1 heterocycles. The van der Waals surface area contributed by atoms with E-state index in [1.54, 1.807) is 6.07 Å². The number of rotatable bonds is 3. The highest BCUT2D eigenvalue weighted by atomic mass is 32.2. The summed E-state index contributed by atoms with van der Waals surface area (Å²) in [6, 6.07) is 4.39. The Morgan fingerprint density at radius 2 is 2.18 bits per heavy atom. The summed E-state index contributed by atoms with van der Waals surface area (Å²) in [6.07, 6.45) is 1.09. The summed E-state index contributed by atoms with van der Waals surface area (Å²) in [4.78, 5) is 15.0. The number of carbonyl (C=O) groups is 1. The van der Waals surface area contributed by atoms with Crippen LogP contribution in [0.5, 0.6) is 0 Å². The van der Waals surface area contributed by atoms with E-state index < -0.39 is 9.84 Å². The third-order valence-electron chi connectivity index (χ3n) is 2.13. The molecule has 7 heteroatoms. The monoisotopic (exact) mass is 271 g/mol. The lowest BCUT2D eigenvalue weighted by atomic mass is 10.3. The van der Waals surface area contributed by atoms with Gasteiger partial charge in [-0.25, -0.2) is 13.4 Å². The summed E-state index contributed by atoms with van der Waals surface area (Å²) in [5, 5.41) is -0.361. The summed E-state index contributed by atoms with van der Waals surface area (Å²) in [5.74, 6) is 0.227. The van der Waals surface area contributed by atoms with E-state index in [1.807, 2.05) is 0 Å². The minimum Gasteiger partial charge on any atom is -0.440 e. The molecule has 0 aliphatic rings. The molecule has 0 bridgehead atoms. The van der Waals surface area contributed by atoms with Gasteiger partial charge in [-0.3, -0.25) is 4.79 Å². The molecule has 0 saturated carbocycles. The van der Waals surface area contributed by atoms with Crippen molar-refractivity contribution < 1.29 is 17.6 Å². The Bertz CT molecular complexity index is 687. The molecule has 0 amide bonds. The quantitative estimate of drug-likeness (QED) is 0.850. The van der Waals surface area contributed by atoms with Gasteiger partial charge in [-0.05, 0) is 12.1 Å². The van der Waals surface area contributed by atoms with Crippen molar-refractivity contribution in [3.8, 4) is 0 Å². The van der Waals surface area contributed by atoms with Crippen molar-refractivity contribution in [1.82, 2.24) is 4.98 Å². The predicted molar refractivity (Wildman–Crippen MR) is 64.8 cm³/mol. The first-order chi connectivity index (χ1) is 7.86. The van der Waals surface area contributed by atoms with Crippen LogP contribution in [0, 0.1) is 0 Å². The Labute approximate surface area is 103 Å². The summed E-state index contributed by atoms with van der Waals surface area (Å²) < 4.78 is 27.9. The van der Waals surface area contributed by atoms with Crippen molar-refractivity contribution in [2.75, 3.05) is 6.26 Å². The maximum absolute atomic E-state index is 11.3. The van der Waals surface area contributed by atoms with Gasteiger partial charge < -0.3 is 4.42 Å². The van der Waals surface area contributed by atoms with Crippen molar-refractivity contribution in [1.29, 1.82) is 0 Å². The zero-order chi connectivity index (χ0) is 12.6. The first kappa shape index (κ1) is 12.1. The third-order valence-corrected chi connectivity index (χ3v) is 3.40. The summed E-state index contributed by atoms with van der Waals surface area (Å²) in [5.41, 5.74) is 0.861. The lowest BCUT2D eigenvalue weighted by Gasteiger charge is -1.95. The topological polar surface area (TPSA) is 77.2 Å². The fraction of sp³-hybridized carbons (Fsp3) is 0.200. The molecule has 2 rings (SSSR count). The van der Waals surface area contributed by atoms with Gasteiger partial charge in [-0.15, -0.1) is 12.6 Å². The number of oxazole rings is 1. The first-order valence-electron chi connectivity index (χ1n) is 4.67. The fourth-order valence-electron chi connectivity index (χ4n) is 1.39. The molecule has 5 nitrogen and oxygen atoms in total. The number of fused-ring (bicyclic) bond motifs is 1. The molecule has 0 fully saturated rings. The predicted octanol–water partition coefficient (Wildman–Crippen LogP) is 1.23. The number of aromatic nitrogens is 1. The number of nitrogens with zero attached hydrogens (tertiary/aromatic N) is 1. The van der Waals surface area contributed by atoms with Gasteiger partial charge in [0.25, 0.3) is 0 Å². The minimum atomic E-state index is -3.28. The maximum Gasteiger partial charge on any atom is 0.203 e. The average Bonchev–Trinajstić information content (AvgIpc) is 2.55. The number of benzene rings is 1. The Balaban J connectivity index is 2.52. The number of thiol groups is 1. The molecule has 1 aromatic heterocycles. The van der Waals surface area contributed by atoms with E-state index in [-0.39, 0.29) is 22.3 Å². The van der Waals surface area contributed by atoms with E-state index in [1.165, 1.54) is 12.1 Å². The molecule has 0 atom stereocenters. The Morgan fingerprint density at radius 1 is 1.47 bits per heavy atom. The number of hydrogen-bond donors (Lipinski definition) is 1. The van der Waals surface area contributed by atoms with Gasteiger partial charge in [0.2, 0.25) is 5.89 Å². The van der Waals surface area contributed by atoms with Crippen molar-refractivity contribution in [3.63, 3.8) is 0 Å². The van der Waals surface area contributed by atoms with Crippen LogP contribution < -0.4 is 0 Å². The van der Waals surface area contributed by atoms with Crippen molar-refractivity contribution in [2.24, 2.45) is 0 Å². The molecule has 0 radical (unpaired) electrons. The smallest absolute Gasteiger partial charge is 0.203 e. The third kappa shape index (κ3) is 2.67. The molecule has 0 aliphatic heterocycles. The Kier molecular flexibility index (Phi) is 2.96. The first-order valence-corrected chi connectivity index (χ1v) is 7.01. The lowest BCUT2D eigenvalue weighted by Crippen LogP contribution is -1.95. The SMILES string of the molecule is CS(=O)(=O)c1ccc2nc(CC(=O)S)oc2c1. The fourth-order valence-corrected chi connectivity index (χ4v) is 2.16. The van der Waals surface area contributed by atoms with Gasteiger partial charge >= 0.3 is 0 Å². The molecular formula is C10H9NO4S2. The highest BCUT2D eigenvalue weighted by molar-refractivity contribution is 7.96. The van der Waals surface area contributed by atoms with Crippen LogP contribution in [0.1, 0.15) is 5.89 Å². The standard InChI is InChI=1S/C10H9NO4S2/c1-17(13,14)6-2-3-7-8(4-6)15-9(11-7)5-10(12)16/h2-4H,5H2,1H3,(H,12,16). The lowest BCUT2D eigenvalue weighted by molar-refractivity contribution is -0.110. The molecule has 17 heavy (non-hydrogen) atoms. The zero-order valence-electron chi connectivity index (χ0n) is 8.87. The van der Waals surface area contributed by atoms with Crippen LogP contribution in [0.3, 0.4) is 0 Å². The summed E-state index contributed by atoms with van der Waals surface area (Å²) in [7, 11) is -3.28. The largest absolute Gasteiger partial charge is 0.440 e. The van der Waals surface area contributed by atoms with Crippen LogP contribution in [-0.4, -0.2) is 24.8 Å². The highest BCUT2D eigenvalue weighted by Gasteiger charge is 2.12. The minimum absolute atomic E-state index is 0.0218. The molecule has 0 spiro atoms. The molecule has 0 aliphatic carbocycles. The second-order valence-electron chi connectivity index (χ2n) is 3.58. The van der Waals surface area contributed by atoms with Crippen LogP contribution in [0.2, 0.25) is 0 Å². The molecule has 90 valence electrons. The van der Waals surface area contributed by atoms with Gasteiger partial charge in [0.1, 0.15) is 5.52 Å². The van der Waals surface area contributed by atoms with Crippen LogP contribution in [0.4, 0.5) is 0 Å². The van der Waals surface area contributed by atoms with Crippen molar-refractivity contribution >= 4 is 38.7 Å². The second-order valence-corrected chi connectivity index (χ2v) is 6.09. The zero-order valence-corrected chi connectivity index (χ0v) is 10.6. The second kappa shape index (κ2) is 4.15. The van der Waals surface area contributed by atoms with E-state index >= 15 is 0 Å². The summed E-state index contributed by atoms with van der Waals surface area (Å²) in [6.45, 7) is 0. The Morgan fingerprint density at radius 3 is 2.76 bits per heavy atom. The van der Waals surface area contributed by atoms with E-state index in [4.69, 9.17) is 4.42 Å². The Hall–Kier alpha value is -1.34. The normalized spacial score (nSPS) is 11.9. The van der Waals surface area contributed by atoms with Gasteiger partial charge in [0, 0.05) is 12.3 Å². The van der Waals surface area contributed by atoms with Crippen LogP contribution in [0.25, 0.3) is 11.1 Å². The van der Waals surface area contributed by atoms with E-state index in [0.717, 1.165) is 6.26 Å². The van der Waals surface area contributed by atoms with Gasteiger partial charge in [-0.2, -0.15) is 0 Å². The molecular weight excluding hydrogens is 262 g/mol. The van der Waals surface area contributed by atoms with Gasteiger partial charge in [0.05, 0.1) is 11.3 Å². The van der Waals surface area contributed by atoms with Gasteiger partial charge in [0.15, 0.2) is 20.5 Å². The van der Waals surface area contributed by atoms with E-state index in [9.17, 15) is 13.2 Å². The average molecular weight is 271 g/mol. The number of sulfone groups is 1. The number of carbonyl (C=O) groups excluding carboxylic acids is 1. The number of hydrogen-bond acceptors (Lipinski definition) is 5. The molecule has 1 aromatic carbocycles. The van der Waals surface area contributed by atoms with E-state index in [0.29, 0.717) is 11.1 Å². The van der Waals surface area contributed by atoms with Crippen LogP contribution >= 0.6 is 12.6 Å². The van der Waals surface area contributed by atoms with Crippen molar-refractivity contribution in [3.05, 3.63) is 24.1 Å². The highest BCUT2D eigenvalue weighted by Crippen LogP contribution is 2.20. The van der Waals surface area contributed by atoms with Crippen molar-refractivity contribution in [2.45, 2.75) is 11.3 Å². The molecule has 0 unspecified atom stereocenters. The van der Waals surface area contributed by atoms with Crippen LogP contribution in [0.15, 0.2) is 27.5 Å².